The Morgan fingerprint density at radius 3 is 2.46 bits per heavy atom. The molecule has 0 aromatic heterocycles. The second kappa shape index (κ2) is 6.89. The fraction of sp³-hybridized carbons (Fsp3) is 0.900. The predicted molar refractivity (Wildman–Crippen MR) is 53.3 cm³/mol. The number of unbranched alkanes of at least 4 members (excludes halogenated alkanes) is 1. The molecule has 3 heteroatoms. The second-order valence-corrected chi connectivity index (χ2v) is 3.36. The van der Waals surface area contributed by atoms with Crippen LogP contribution in [0.1, 0.15) is 40.0 Å². The number of primary amides is 1. The number of hydrogen-bond acceptors (Lipinski definition) is 2. The number of amides is 1. The summed E-state index contributed by atoms with van der Waals surface area (Å²) in [5.41, 5.74) is 5.20. The zero-order chi connectivity index (χ0) is 10.3. The van der Waals surface area contributed by atoms with Crippen molar-refractivity contribution < 1.29 is 9.53 Å². The molecule has 0 aliphatic carbocycles. The molecule has 0 aromatic rings. The molecule has 0 bridgehead atoms. The van der Waals surface area contributed by atoms with Gasteiger partial charge in [0.25, 0.3) is 0 Å². The van der Waals surface area contributed by atoms with Crippen molar-refractivity contribution in [2.24, 2.45) is 11.7 Å². The summed E-state index contributed by atoms with van der Waals surface area (Å²) in [7, 11) is 0. The fourth-order valence-corrected chi connectivity index (χ4v) is 1.18. The number of carbonyl (C=O) groups excluding carboxylic acids is 1. The Hall–Kier alpha value is -0.570. The number of carbonyl (C=O) groups is 1. The number of rotatable bonds is 7. The Morgan fingerprint density at radius 1 is 1.46 bits per heavy atom. The molecule has 0 spiro atoms. The quantitative estimate of drug-likeness (QED) is 0.617. The molecule has 2 N–H and O–H groups in total. The van der Waals surface area contributed by atoms with Crippen molar-refractivity contribution in [3.8, 4) is 0 Å². The third-order valence-electron chi connectivity index (χ3n) is 2.24. The van der Waals surface area contributed by atoms with Gasteiger partial charge in [-0.25, -0.2) is 0 Å². The first-order valence-corrected chi connectivity index (χ1v) is 5.04. The van der Waals surface area contributed by atoms with Gasteiger partial charge in [-0.05, 0) is 12.8 Å². The molecule has 3 nitrogen and oxygen atoms in total. The molecule has 1 amide bonds. The Morgan fingerprint density at radius 2 is 2.08 bits per heavy atom. The molecular formula is C10H21NO2. The summed E-state index contributed by atoms with van der Waals surface area (Å²) in [6, 6.07) is 0. The third-order valence-corrected chi connectivity index (χ3v) is 2.24. The van der Waals surface area contributed by atoms with Gasteiger partial charge >= 0.3 is 0 Å². The van der Waals surface area contributed by atoms with Gasteiger partial charge in [0.05, 0.1) is 12.0 Å². The van der Waals surface area contributed by atoms with Gasteiger partial charge < -0.3 is 10.5 Å². The van der Waals surface area contributed by atoms with Crippen molar-refractivity contribution in [3.05, 3.63) is 0 Å². The van der Waals surface area contributed by atoms with Gasteiger partial charge in [0.1, 0.15) is 0 Å². The molecule has 0 fully saturated rings. The van der Waals surface area contributed by atoms with E-state index in [0.717, 1.165) is 25.9 Å². The van der Waals surface area contributed by atoms with E-state index in [1.807, 2.05) is 13.8 Å². The summed E-state index contributed by atoms with van der Waals surface area (Å²) in [5, 5.41) is 0. The van der Waals surface area contributed by atoms with E-state index < -0.39 is 0 Å². The van der Waals surface area contributed by atoms with Crippen LogP contribution in [0.5, 0.6) is 0 Å². The number of nitrogens with two attached hydrogens (primary N) is 1. The zero-order valence-corrected chi connectivity index (χ0v) is 8.88. The van der Waals surface area contributed by atoms with Crippen LogP contribution in [-0.4, -0.2) is 18.6 Å². The molecule has 2 unspecified atom stereocenters. The summed E-state index contributed by atoms with van der Waals surface area (Å²) in [6.07, 6.45) is 2.99. The van der Waals surface area contributed by atoms with E-state index in [1.54, 1.807) is 0 Å². The van der Waals surface area contributed by atoms with Gasteiger partial charge in [0, 0.05) is 6.61 Å². The highest BCUT2D eigenvalue weighted by molar-refractivity contribution is 5.76. The maximum Gasteiger partial charge on any atom is 0.222 e. The molecule has 0 saturated carbocycles. The van der Waals surface area contributed by atoms with Gasteiger partial charge in [-0.15, -0.1) is 0 Å². The van der Waals surface area contributed by atoms with Crippen LogP contribution in [0.2, 0.25) is 0 Å². The van der Waals surface area contributed by atoms with Crippen LogP contribution in [0, 0.1) is 5.92 Å². The van der Waals surface area contributed by atoms with Crippen LogP contribution in [0.4, 0.5) is 0 Å². The second-order valence-electron chi connectivity index (χ2n) is 3.36. The highest BCUT2D eigenvalue weighted by Gasteiger charge is 2.20. The van der Waals surface area contributed by atoms with E-state index >= 15 is 0 Å². The highest BCUT2D eigenvalue weighted by atomic mass is 16.5. The predicted octanol–water partition coefficient (Wildman–Crippen LogP) is 1.70. The molecule has 0 heterocycles. The highest BCUT2D eigenvalue weighted by Crippen LogP contribution is 2.11. The third kappa shape index (κ3) is 4.88. The zero-order valence-electron chi connectivity index (χ0n) is 8.88. The number of ether oxygens (including phenoxy) is 1. The lowest BCUT2D eigenvalue weighted by atomic mass is 10.0. The lowest BCUT2D eigenvalue weighted by molar-refractivity contribution is -0.126. The van der Waals surface area contributed by atoms with Crippen molar-refractivity contribution in [1.29, 1.82) is 0 Å². The maximum atomic E-state index is 10.9. The van der Waals surface area contributed by atoms with Gasteiger partial charge in [-0.3, -0.25) is 4.79 Å². The fourth-order valence-electron chi connectivity index (χ4n) is 1.18. The summed E-state index contributed by atoms with van der Waals surface area (Å²) >= 11 is 0. The Labute approximate surface area is 80.6 Å². The van der Waals surface area contributed by atoms with Crippen molar-refractivity contribution in [2.45, 2.75) is 46.1 Å². The minimum absolute atomic E-state index is 0.0101. The largest absolute Gasteiger partial charge is 0.377 e. The standard InChI is InChI=1S/C10H21NO2/c1-4-6-7-13-9(5-2)8(3)10(11)12/h8-9H,4-7H2,1-3H3,(H2,11,12). The molecule has 0 aliphatic heterocycles. The topological polar surface area (TPSA) is 52.3 Å². The Bertz CT molecular complexity index is 148. The Kier molecular flexibility index (Phi) is 6.59. The van der Waals surface area contributed by atoms with E-state index in [1.165, 1.54) is 0 Å². The van der Waals surface area contributed by atoms with Gasteiger partial charge in [0.15, 0.2) is 0 Å². The van der Waals surface area contributed by atoms with E-state index in [9.17, 15) is 4.79 Å². The van der Waals surface area contributed by atoms with Crippen LogP contribution in [0.3, 0.4) is 0 Å². The molecule has 0 saturated heterocycles. The van der Waals surface area contributed by atoms with Crippen molar-refractivity contribution >= 4 is 5.91 Å². The summed E-state index contributed by atoms with van der Waals surface area (Å²) in [5.74, 6) is -0.454. The maximum absolute atomic E-state index is 10.9. The van der Waals surface area contributed by atoms with Crippen LogP contribution in [-0.2, 0) is 9.53 Å². The molecule has 0 aromatic carbocycles. The first kappa shape index (κ1) is 12.4. The van der Waals surface area contributed by atoms with E-state index in [2.05, 4.69) is 6.92 Å². The van der Waals surface area contributed by atoms with Crippen LogP contribution in [0.15, 0.2) is 0 Å². The number of hydrogen-bond donors (Lipinski definition) is 1. The molecule has 13 heavy (non-hydrogen) atoms. The minimum Gasteiger partial charge on any atom is -0.377 e. The molecule has 0 rings (SSSR count). The Balaban J connectivity index is 3.80. The van der Waals surface area contributed by atoms with Crippen LogP contribution >= 0.6 is 0 Å². The minimum atomic E-state index is -0.275. The van der Waals surface area contributed by atoms with Gasteiger partial charge in [-0.1, -0.05) is 27.2 Å². The molecule has 0 radical (unpaired) electrons. The monoisotopic (exact) mass is 187 g/mol. The average Bonchev–Trinajstić information content (AvgIpc) is 2.11. The van der Waals surface area contributed by atoms with Crippen molar-refractivity contribution in [3.63, 3.8) is 0 Å². The van der Waals surface area contributed by atoms with Crippen molar-refractivity contribution in [1.82, 2.24) is 0 Å². The summed E-state index contributed by atoms with van der Waals surface area (Å²) < 4.78 is 5.55. The first-order chi connectivity index (χ1) is 6.13. The van der Waals surface area contributed by atoms with Crippen LogP contribution < -0.4 is 5.73 Å². The molecule has 2 atom stereocenters. The van der Waals surface area contributed by atoms with E-state index in [0.29, 0.717) is 0 Å². The lowest BCUT2D eigenvalue weighted by Gasteiger charge is -2.20. The molecule has 0 aliphatic rings. The summed E-state index contributed by atoms with van der Waals surface area (Å²) in [4.78, 5) is 10.9. The normalized spacial score (nSPS) is 15.3. The van der Waals surface area contributed by atoms with Gasteiger partial charge in [-0.2, -0.15) is 0 Å². The SMILES string of the molecule is CCCCOC(CC)C(C)C(N)=O. The van der Waals surface area contributed by atoms with E-state index in [4.69, 9.17) is 10.5 Å². The first-order valence-electron chi connectivity index (χ1n) is 5.04. The smallest absolute Gasteiger partial charge is 0.222 e. The van der Waals surface area contributed by atoms with Crippen molar-refractivity contribution in [2.75, 3.05) is 6.61 Å². The lowest BCUT2D eigenvalue weighted by Crippen LogP contribution is -2.33. The molecule has 78 valence electrons. The van der Waals surface area contributed by atoms with E-state index in [-0.39, 0.29) is 17.9 Å². The van der Waals surface area contributed by atoms with Crippen LogP contribution in [0.25, 0.3) is 0 Å². The summed E-state index contributed by atoms with van der Waals surface area (Å²) in [6.45, 7) is 6.67. The average molecular weight is 187 g/mol. The molecular weight excluding hydrogens is 166 g/mol. The van der Waals surface area contributed by atoms with Gasteiger partial charge in [0.2, 0.25) is 5.91 Å².